The number of hydrogen-bond acceptors (Lipinski definition) is 10. The zero-order valence-corrected chi connectivity index (χ0v) is 34.8. The Morgan fingerprint density at radius 1 is 1.00 bits per heavy atom. The SMILES string of the molecule is C=CCOC12Oc3ccc(Oc4cccc(C=O)c4)cc3C3C(CCCCO)C(CCCCO)C=C(C(=NOC)CC1N(Cc1ccc(F)cc1)C(=O)c1ccc(C#N)cc1)C32. The zero-order valence-electron chi connectivity index (χ0n) is 34.8. The van der Waals surface area contributed by atoms with Gasteiger partial charge in [-0.05, 0) is 115 Å². The van der Waals surface area contributed by atoms with Gasteiger partial charge in [-0.25, -0.2) is 4.39 Å². The number of rotatable bonds is 19. The predicted molar refractivity (Wildman–Crippen MR) is 231 cm³/mol. The maximum absolute atomic E-state index is 15.1. The van der Waals surface area contributed by atoms with Gasteiger partial charge in [0.15, 0.2) is 0 Å². The summed E-state index contributed by atoms with van der Waals surface area (Å²) in [6, 6.07) is 26.3. The second-order valence-electron chi connectivity index (χ2n) is 16.0. The number of aliphatic hydroxyl groups excluding tert-OH is 2. The molecule has 1 fully saturated rings. The molecule has 0 radical (unpaired) electrons. The molecule has 0 saturated heterocycles. The van der Waals surface area contributed by atoms with Gasteiger partial charge in [0.2, 0.25) is 5.79 Å². The van der Waals surface area contributed by atoms with Crippen molar-refractivity contribution in [3.63, 3.8) is 0 Å². The molecule has 0 bridgehead atoms. The third-order valence-corrected chi connectivity index (χ3v) is 12.2. The van der Waals surface area contributed by atoms with Crippen LogP contribution in [0.15, 0.2) is 120 Å². The Kier molecular flexibility index (Phi) is 14.3. The van der Waals surface area contributed by atoms with Crippen LogP contribution in [-0.2, 0) is 16.1 Å². The summed E-state index contributed by atoms with van der Waals surface area (Å²) in [5.74, 6) is -1.65. The molecule has 12 heteroatoms. The summed E-state index contributed by atoms with van der Waals surface area (Å²) in [7, 11) is 1.49. The average molecular weight is 842 g/mol. The number of allylic oxidation sites excluding steroid dienone is 1. The van der Waals surface area contributed by atoms with Crippen molar-refractivity contribution >= 4 is 17.9 Å². The second-order valence-corrected chi connectivity index (χ2v) is 16.0. The van der Waals surface area contributed by atoms with Gasteiger partial charge < -0.3 is 34.2 Å². The van der Waals surface area contributed by atoms with Crippen LogP contribution in [0.2, 0.25) is 0 Å². The summed E-state index contributed by atoms with van der Waals surface area (Å²) in [6.45, 7) is 4.23. The normalized spacial score (nSPS) is 22.9. The molecule has 1 saturated carbocycles. The third kappa shape index (κ3) is 9.21. The Hall–Kier alpha value is -6.13. The number of aldehydes is 1. The molecule has 3 aliphatic rings. The number of aliphatic hydroxyl groups is 2. The fourth-order valence-corrected chi connectivity index (χ4v) is 9.57. The highest BCUT2D eigenvalue weighted by Crippen LogP contribution is 2.62. The molecule has 1 heterocycles. The molecular formula is C50H52FN3O8. The number of hydrogen-bond donors (Lipinski definition) is 2. The first kappa shape index (κ1) is 43.9. The van der Waals surface area contributed by atoms with Crippen molar-refractivity contribution in [2.45, 2.75) is 69.2 Å². The van der Waals surface area contributed by atoms with E-state index in [0.717, 1.165) is 43.1 Å². The van der Waals surface area contributed by atoms with E-state index in [1.165, 1.54) is 19.2 Å². The largest absolute Gasteiger partial charge is 0.459 e. The molecule has 11 nitrogen and oxygen atoms in total. The number of benzene rings is 4. The molecule has 322 valence electrons. The van der Waals surface area contributed by atoms with Crippen molar-refractivity contribution in [1.82, 2.24) is 4.90 Å². The fourth-order valence-electron chi connectivity index (χ4n) is 9.57. The van der Waals surface area contributed by atoms with Gasteiger partial charge in [0, 0.05) is 48.8 Å². The van der Waals surface area contributed by atoms with Crippen LogP contribution in [0.25, 0.3) is 0 Å². The number of fused-ring (bicyclic) bond motifs is 2. The van der Waals surface area contributed by atoms with E-state index >= 15 is 4.79 Å². The van der Waals surface area contributed by atoms with Gasteiger partial charge in [-0.1, -0.05) is 54.4 Å². The Labute approximate surface area is 361 Å². The van der Waals surface area contributed by atoms with Crippen LogP contribution in [-0.4, -0.2) is 71.8 Å². The number of halogens is 1. The molecule has 6 unspecified atom stereocenters. The first-order chi connectivity index (χ1) is 30.3. The number of carbonyl (C=O) groups is 2. The van der Waals surface area contributed by atoms with Gasteiger partial charge in [0.25, 0.3) is 5.91 Å². The van der Waals surface area contributed by atoms with Gasteiger partial charge in [-0.3, -0.25) is 9.59 Å². The monoisotopic (exact) mass is 841 g/mol. The number of nitriles is 1. The zero-order chi connectivity index (χ0) is 43.6. The van der Waals surface area contributed by atoms with Crippen molar-refractivity contribution in [2.75, 3.05) is 26.9 Å². The van der Waals surface area contributed by atoms with E-state index in [0.29, 0.717) is 58.1 Å². The number of oxime groups is 1. The van der Waals surface area contributed by atoms with Crippen molar-refractivity contribution in [1.29, 1.82) is 5.26 Å². The first-order valence-corrected chi connectivity index (χ1v) is 21.2. The van der Waals surface area contributed by atoms with E-state index < -0.39 is 23.6 Å². The van der Waals surface area contributed by atoms with Crippen LogP contribution in [0.5, 0.6) is 17.2 Å². The maximum Gasteiger partial charge on any atom is 0.254 e. The van der Waals surface area contributed by atoms with E-state index in [4.69, 9.17) is 19.0 Å². The number of unbranched alkanes of at least 4 members (excludes halogenated alkanes) is 2. The number of nitrogens with zero attached hydrogens (tertiary/aromatic N) is 3. The van der Waals surface area contributed by atoms with Crippen LogP contribution in [0, 0.1) is 34.9 Å². The highest BCUT2D eigenvalue weighted by molar-refractivity contribution is 6.03. The maximum atomic E-state index is 15.1. The molecule has 2 aliphatic carbocycles. The molecule has 62 heavy (non-hydrogen) atoms. The summed E-state index contributed by atoms with van der Waals surface area (Å²) in [5.41, 5.74) is 4.23. The van der Waals surface area contributed by atoms with E-state index in [1.54, 1.807) is 77.7 Å². The lowest BCUT2D eigenvalue weighted by Crippen LogP contribution is -2.70. The first-order valence-electron chi connectivity index (χ1n) is 21.2. The van der Waals surface area contributed by atoms with Gasteiger partial charge in [0.1, 0.15) is 42.5 Å². The van der Waals surface area contributed by atoms with Crippen LogP contribution >= 0.6 is 0 Å². The minimum absolute atomic E-state index is 0.0163. The van der Waals surface area contributed by atoms with E-state index in [1.807, 2.05) is 12.1 Å². The van der Waals surface area contributed by atoms with Gasteiger partial charge in [0.05, 0.1) is 29.9 Å². The Bertz CT molecular complexity index is 2320. The highest BCUT2D eigenvalue weighted by Gasteiger charge is 2.65. The smallest absolute Gasteiger partial charge is 0.254 e. The molecule has 4 aromatic rings. The van der Waals surface area contributed by atoms with Crippen LogP contribution in [0.3, 0.4) is 0 Å². The number of ether oxygens (including phenoxy) is 3. The molecule has 4 aromatic carbocycles. The summed E-state index contributed by atoms with van der Waals surface area (Å²) in [4.78, 5) is 34.1. The van der Waals surface area contributed by atoms with Gasteiger partial charge in [-0.15, -0.1) is 6.58 Å². The average Bonchev–Trinajstić information content (AvgIpc) is 3.29. The van der Waals surface area contributed by atoms with Crippen LogP contribution in [0.4, 0.5) is 4.39 Å². The third-order valence-electron chi connectivity index (χ3n) is 12.2. The Morgan fingerprint density at radius 2 is 1.74 bits per heavy atom. The number of carbonyl (C=O) groups excluding carboxylic acids is 2. The molecule has 2 N–H and O–H groups in total. The van der Waals surface area contributed by atoms with Crippen molar-refractivity contribution in [2.24, 2.45) is 22.9 Å². The second kappa shape index (κ2) is 20.2. The molecule has 6 atom stereocenters. The Balaban J connectivity index is 1.46. The summed E-state index contributed by atoms with van der Waals surface area (Å²) >= 11 is 0. The summed E-state index contributed by atoms with van der Waals surface area (Å²) in [5, 5.41) is 34.0. The lowest BCUT2D eigenvalue weighted by atomic mass is 9.55. The van der Waals surface area contributed by atoms with Crippen LogP contribution in [0.1, 0.15) is 88.3 Å². The lowest BCUT2D eigenvalue weighted by Gasteiger charge is -2.60. The predicted octanol–water partition coefficient (Wildman–Crippen LogP) is 8.91. The molecular weight excluding hydrogens is 790 g/mol. The summed E-state index contributed by atoms with van der Waals surface area (Å²) in [6.07, 6.45) is 9.12. The molecule has 0 aromatic heterocycles. The summed E-state index contributed by atoms with van der Waals surface area (Å²) < 4.78 is 35.1. The van der Waals surface area contributed by atoms with E-state index in [9.17, 15) is 24.7 Å². The molecule has 7 rings (SSSR count). The van der Waals surface area contributed by atoms with Crippen molar-refractivity contribution in [3.05, 3.63) is 149 Å². The van der Waals surface area contributed by atoms with Crippen molar-refractivity contribution < 1.29 is 43.2 Å². The van der Waals surface area contributed by atoms with E-state index in [2.05, 4.69) is 23.9 Å². The minimum atomic E-state index is -1.54. The minimum Gasteiger partial charge on any atom is -0.459 e. The number of amides is 1. The van der Waals surface area contributed by atoms with Crippen LogP contribution < -0.4 is 9.47 Å². The van der Waals surface area contributed by atoms with Crippen molar-refractivity contribution in [3.8, 4) is 23.3 Å². The molecule has 1 amide bonds. The van der Waals surface area contributed by atoms with Gasteiger partial charge in [-0.2, -0.15) is 5.26 Å². The lowest BCUT2D eigenvalue weighted by molar-refractivity contribution is -0.255. The standard InChI is InChI=1S/C50H52FN3O8/c1-3-25-60-50-46(54(31-34-15-19-38(51)20-16-34)49(58)36-17-13-33(30-52)14-18-36)29-44(53-59-2)42-27-37(10-4-6-23-55)41(12-5-7-24-56)47(48(42)50)43-28-40(21-22-45(43)62-50)61-39-11-8-9-35(26-39)32-57/h3,8-9,11,13-22,26-28,32,37,41,46-48,55-56H,1,4-7,10,12,23-25,29,31H2,2H3. The Morgan fingerprint density at radius 3 is 2.44 bits per heavy atom. The fraction of sp³-hybridized carbons (Fsp3) is 0.360. The van der Waals surface area contributed by atoms with E-state index in [-0.39, 0.29) is 56.4 Å². The highest BCUT2D eigenvalue weighted by atomic mass is 19.1. The topological polar surface area (TPSA) is 151 Å². The van der Waals surface area contributed by atoms with Gasteiger partial charge >= 0.3 is 0 Å². The molecule has 1 aliphatic heterocycles. The molecule has 0 spiro atoms. The quantitative estimate of drug-likeness (QED) is 0.0408.